The number of rotatable bonds is 3. The molecule has 29 heavy (non-hydrogen) atoms. The van der Waals surface area contributed by atoms with Gasteiger partial charge in [-0.2, -0.15) is 4.79 Å². The molecule has 0 atom stereocenters. The van der Waals surface area contributed by atoms with Gasteiger partial charge in [0.2, 0.25) is 6.79 Å². The Hall–Kier alpha value is -3.52. The Morgan fingerprint density at radius 1 is 1.14 bits per heavy atom. The first-order valence-corrected chi connectivity index (χ1v) is 9.31. The van der Waals surface area contributed by atoms with Crippen LogP contribution in [0.1, 0.15) is 32.0 Å². The average molecular weight is 411 g/mol. The molecule has 0 fully saturated rings. The first-order valence-electron chi connectivity index (χ1n) is 8.93. The number of hydrogen-bond donors (Lipinski definition) is 2. The van der Waals surface area contributed by atoms with Gasteiger partial charge in [0.05, 0.1) is 16.3 Å². The number of amides is 2. The number of nitrogens with two attached hydrogens (primary N) is 1. The first kappa shape index (κ1) is 17.6. The van der Waals surface area contributed by atoms with E-state index in [1.807, 2.05) is 24.3 Å². The van der Waals surface area contributed by atoms with Crippen molar-refractivity contribution in [1.29, 1.82) is 0 Å². The van der Waals surface area contributed by atoms with Crippen molar-refractivity contribution in [3.63, 3.8) is 0 Å². The maximum atomic E-state index is 12.9. The number of aryl methyl sites for hydroxylation is 1. The van der Waals surface area contributed by atoms with Gasteiger partial charge in [-0.3, -0.25) is 9.59 Å². The van der Waals surface area contributed by atoms with Crippen molar-refractivity contribution in [3.8, 4) is 22.8 Å². The Morgan fingerprint density at radius 2 is 1.90 bits per heavy atom. The van der Waals surface area contributed by atoms with E-state index >= 15 is 0 Å². The van der Waals surface area contributed by atoms with Crippen LogP contribution in [0.3, 0.4) is 0 Å². The summed E-state index contributed by atoms with van der Waals surface area (Å²) in [4.78, 5) is 26.2. The quantitative estimate of drug-likeness (QED) is 0.689. The summed E-state index contributed by atoms with van der Waals surface area (Å²) in [7, 11) is 0. The zero-order chi connectivity index (χ0) is 20.1. The van der Waals surface area contributed by atoms with Gasteiger partial charge in [-0.25, -0.2) is 5.43 Å². The highest BCUT2D eigenvalue weighted by molar-refractivity contribution is 6.34. The van der Waals surface area contributed by atoms with Crippen LogP contribution in [0, 0.1) is 0 Å². The molecule has 9 heteroatoms. The standard InChI is InChI=1S/C20H15ClN4O4/c21-14-8-16-15(28-9-29-16)7-13(14)20(27)24-25-18-11-4-2-1-3-10(11)5-6-12(18)17(23-25)19(22)26/h1-4,7-8H,5-6,9H2,(H2,22,26)(H,24,27). The van der Waals surface area contributed by atoms with Crippen LogP contribution < -0.4 is 20.6 Å². The Bertz CT molecular complexity index is 1190. The van der Waals surface area contributed by atoms with Gasteiger partial charge in [0, 0.05) is 17.2 Å². The fourth-order valence-electron chi connectivity index (χ4n) is 3.72. The molecule has 0 spiro atoms. The van der Waals surface area contributed by atoms with Crippen LogP contribution in [0.2, 0.25) is 5.02 Å². The number of aromatic nitrogens is 2. The second-order valence-corrected chi connectivity index (χ2v) is 7.14. The molecule has 2 heterocycles. The van der Waals surface area contributed by atoms with Crippen LogP contribution in [0.5, 0.6) is 11.5 Å². The van der Waals surface area contributed by atoms with Crippen molar-refractivity contribution in [3.05, 3.63) is 63.8 Å². The lowest BCUT2D eigenvalue weighted by molar-refractivity contribution is 0.0983. The molecule has 146 valence electrons. The van der Waals surface area contributed by atoms with E-state index in [0.717, 1.165) is 17.5 Å². The van der Waals surface area contributed by atoms with Crippen molar-refractivity contribution in [2.75, 3.05) is 12.2 Å². The summed E-state index contributed by atoms with van der Waals surface area (Å²) in [6.07, 6.45) is 1.36. The molecular formula is C20H15ClN4O4. The van der Waals surface area contributed by atoms with Crippen LogP contribution in [0.25, 0.3) is 11.3 Å². The number of carbonyl (C=O) groups excluding carboxylic acids is 2. The topological polar surface area (TPSA) is 108 Å². The number of ether oxygens (including phenoxy) is 2. The zero-order valence-corrected chi connectivity index (χ0v) is 15.8. The Labute approximate surface area is 170 Å². The molecule has 0 unspecified atom stereocenters. The summed E-state index contributed by atoms with van der Waals surface area (Å²) >= 11 is 6.25. The number of nitrogens with one attached hydrogen (secondary N) is 1. The highest BCUT2D eigenvalue weighted by atomic mass is 35.5. The summed E-state index contributed by atoms with van der Waals surface area (Å²) in [5, 5.41) is 4.48. The summed E-state index contributed by atoms with van der Waals surface area (Å²) in [5.74, 6) is -0.231. The molecule has 1 aliphatic heterocycles. The number of hydrogen-bond acceptors (Lipinski definition) is 5. The molecule has 1 aromatic heterocycles. The minimum Gasteiger partial charge on any atom is -0.454 e. The number of carbonyl (C=O) groups is 2. The molecular weight excluding hydrogens is 396 g/mol. The fraction of sp³-hybridized carbons (Fsp3) is 0.150. The third-order valence-electron chi connectivity index (χ3n) is 5.05. The van der Waals surface area contributed by atoms with Gasteiger partial charge in [0.1, 0.15) is 0 Å². The Morgan fingerprint density at radius 3 is 2.69 bits per heavy atom. The third kappa shape index (κ3) is 2.80. The molecule has 5 rings (SSSR count). The third-order valence-corrected chi connectivity index (χ3v) is 5.36. The minimum absolute atomic E-state index is 0.0716. The molecule has 8 nitrogen and oxygen atoms in total. The first-order chi connectivity index (χ1) is 14.0. The molecule has 2 amide bonds. The lowest BCUT2D eigenvalue weighted by Gasteiger charge is -2.18. The van der Waals surface area contributed by atoms with E-state index in [1.165, 1.54) is 16.9 Å². The molecule has 0 saturated heterocycles. The normalized spacial score (nSPS) is 13.6. The van der Waals surface area contributed by atoms with E-state index in [4.69, 9.17) is 26.8 Å². The van der Waals surface area contributed by atoms with Gasteiger partial charge in [-0.15, -0.1) is 5.10 Å². The fourth-order valence-corrected chi connectivity index (χ4v) is 3.96. The molecule has 0 radical (unpaired) electrons. The van der Waals surface area contributed by atoms with Gasteiger partial charge >= 0.3 is 0 Å². The number of halogens is 1. The average Bonchev–Trinajstić information content (AvgIpc) is 3.31. The van der Waals surface area contributed by atoms with E-state index in [9.17, 15) is 9.59 Å². The molecule has 3 aromatic rings. The molecule has 0 saturated carbocycles. The van der Waals surface area contributed by atoms with Gasteiger partial charge in [0.25, 0.3) is 11.8 Å². The van der Waals surface area contributed by atoms with E-state index in [-0.39, 0.29) is 23.1 Å². The second-order valence-electron chi connectivity index (χ2n) is 6.74. The van der Waals surface area contributed by atoms with Gasteiger partial charge in [0.15, 0.2) is 17.2 Å². The zero-order valence-electron chi connectivity index (χ0n) is 15.1. The number of benzene rings is 2. The van der Waals surface area contributed by atoms with Crippen molar-refractivity contribution in [2.45, 2.75) is 12.8 Å². The van der Waals surface area contributed by atoms with Gasteiger partial charge in [-0.1, -0.05) is 35.9 Å². The summed E-state index contributed by atoms with van der Waals surface area (Å²) in [6.45, 7) is 0.0716. The maximum absolute atomic E-state index is 12.9. The molecule has 1 aliphatic carbocycles. The van der Waals surface area contributed by atoms with E-state index in [0.29, 0.717) is 29.2 Å². The molecule has 0 bridgehead atoms. The van der Waals surface area contributed by atoms with E-state index < -0.39 is 11.8 Å². The smallest absolute Gasteiger partial charge is 0.273 e. The minimum atomic E-state index is -0.644. The lowest BCUT2D eigenvalue weighted by Crippen LogP contribution is -2.26. The lowest BCUT2D eigenvalue weighted by atomic mass is 9.89. The highest BCUT2D eigenvalue weighted by Gasteiger charge is 2.29. The second kappa shape index (κ2) is 6.52. The molecule has 3 N–H and O–H groups in total. The van der Waals surface area contributed by atoms with Crippen molar-refractivity contribution >= 4 is 23.4 Å². The monoisotopic (exact) mass is 410 g/mol. The van der Waals surface area contributed by atoms with Crippen molar-refractivity contribution in [2.24, 2.45) is 5.73 Å². The van der Waals surface area contributed by atoms with Crippen molar-refractivity contribution < 1.29 is 19.1 Å². The number of nitrogens with zero attached hydrogens (tertiary/aromatic N) is 2. The number of primary amides is 1. The largest absolute Gasteiger partial charge is 0.454 e. The van der Waals surface area contributed by atoms with Gasteiger partial charge in [-0.05, 0) is 24.5 Å². The Kier molecular flexibility index (Phi) is 3.95. The predicted molar refractivity (Wildman–Crippen MR) is 105 cm³/mol. The van der Waals surface area contributed by atoms with Crippen LogP contribution in [0.15, 0.2) is 36.4 Å². The predicted octanol–water partition coefficient (Wildman–Crippen LogP) is 2.51. The van der Waals surface area contributed by atoms with Crippen LogP contribution in [-0.4, -0.2) is 28.5 Å². The molecule has 2 aromatic carbocycles. The van der Waals surface area contributed by atoms with Crippen LogP contribution >= 0.6 is 11.6 Å². The molecule has 2 aliphatic rings. The Balaban J connectivity index is 1.58. The van der Waals surface area contributed by atoms with Gasteiger partial charge < -0.3 is 15.2 Å². The highest BCUT2D eigenvalue weighted by Crippen LogP contribution is 2.37. The number of fused-ring (bicyclic) bond motifs is 4. The summed E-state index contributed by atoms with van der Waals surface area (Å²) in [5.41, 5.74) is 11.9. The maximum Gasteiger partial charge on any atom is 0.273 e. The van der Waals surface area contributed by atoms with E-state index in [1.54, 1.807) is 0 Å². The van der Waals surface area contributed by atoms with Crippen molar-refractivity contribution in [1.82, 2.24) is 9.89 Å². The van der Waals surface area contributed by atoms with E-state index in [2.05, 4.69) is 10.5 Å². The SMILES string of the molecule is NC(=O)c1nn(NC(=O)c2cc3c(cc2Cl)OCO3)c2c1CCc1ccccc1-2. The van der Waals surface area contributed by atoms with Crippen LogP contribution in [0.4, 0.5) is 0 Å². The summed E-state index contributed by atoms with van der Waals surface area (Å²) in [6, 6.07) is 10.8. The van der Waals surface area contributed by atoms with Crippen LogP contribution in [-0.2, 0) is 12.8 Å². The summed E-state index contributed by atoms with van der Waals surface area (Å²) < 4.78 is 10.6.